The van der Waals surface area contributed by atoms with E-state index in [1.165, 1.54) is 12.1 Å². The van der Waals surface area contributed by atoms with Gasteiger partial charge >= 0.3 is 6.07 Å². The third-order valence-corrected chi connectivity index (χ3v) is 4.15. The van der Waals surface area contributed by atoms with Crippen molar-refractivity contribution in [2.75, 3.05) is 6.54 Å². The fourth-order valence-corrected chi connectivity index (χ4v) is 2.73. The SMILES string of the molecule is CC(C)c1cc(C#[N+]CC(C)c2cc(F)cc(C#N)c2)ccc1Cl. The highest BCUT2D eigenvalue weighted by molar-refractivity contribution is 6.31. The van der Waals surface area contributed by atoms with Gasteiger partial charge in [-0.1, -0.05) is 37.2 Å². The Labute approximate surface area is 147 Å². The number of hydrogen-bond acceptors (Lipinski definition) is 1. The van der Waals surface area contributed by atoms with Crippen LogP contribution in [0.25, 0.3) is 4.85 Å². The van der Waals surface area contributed by atoms with Crippen molar-refractivity contribution in [1.29, 1.82) is 5.26 Å². The molecule has 1 unspecified atom stereocenters. The second-order valence-electron chi connectivity index (χ2n) is 6.13. The standard InChI is InChI=1S/C20H19ClFN2/c1-13(2)19-8-15(4-5-20(19)21)12-24-11-14(3)17-6-16(10-23)7-18(22)9-17/h4-9,13-14H,11H2,1-3H3/q+1. The van der Waals surface area contributed by atoms with Gasteiger partial charge in [0.15, 0.2) is 0 Å². The summed E-state index contributed by atoms with van der Waals surface area (Å²) in [6.07, 6.45) is 0. The summed E-state index contributed by atoms with van der Waals surface area (Å²) in [4.78, 5) is 4.33. The van der Waals surface area contributed by atoms with E-state index >= 15 is 0 Å². The highest BCUT2D eigenvalue weighted by Gasteiger charge is 2.13. The molecule has 24 heavy (non-hydrogen) atoms. The summed E-state index contributed by atoms with van der Waals surface area (Å²) in [5.74, 6) is -0.0739. The third-order valence-electron chi connectivity index (χ3n) is 3.81. The lowest BCUT2D eigenvalue weighted by Gasteiger charge is -2.06. The van der Waals surface area contributed by atoms with E-state index in [9.17, 15) is 4.39 Å². The van der Waals surface area contributed by atoms with E-state index in [2.05, 4.69) is 24.8 Å². The molecule has 2 aromatic carbocycles. The molecule has 0 saturated heterocycles. The molecule has 0 aliphatic heterocycles. The number of benzene rings is 2. The second kappa shape index (κ2) is 7.95. The monoisotopic (exact) mass is 341 g/mol. The smallest absolute Gasteiger partial charge is 0.207 e. The normalized spacial score (nSPS) is 11.5. The maximum atomic E-state index is 13.5. The quantitative estimate of drug-likeness (QED) is 0.677. The van der Waals surface area contributed by atoms with Gasteiger partial charge in [0.05, 0.1) is 17.6 Å². The Kier molecular flexibility index (Phi) is 5.96. The Morgan fingerprint density at radius 3 is 2.54 bits per heavy atom. The topological polar surface area (TPSA) is 28.1 Å². The van der Waals surface area contributed by atoms with E-state index < -0.39 is 5.82 Å². The molecule has 0 bridgehead atoms. The van der Waals surface area contributed by atoms with Crippen LogP contribution in [0.5, 0.6) is 0 Å². The first-order chi connectivity index (χ1) is 11.4. The van der Waals surface area contributed by atoms with Crippen molar-refractivity contribution in [2.24, 2.45) is 0 Å². The second-order valence-corrected chi connectivity index (χ2v) is 6.54. The first-order valence-electron chi connectivity index (χ1n) is 7.83. The Hall–Kier alpha value is -2.36. The van der Waals surface area contributed by atoms with Crippen LogP contribution in [0, 0.1) is 23.2 Å². The van der Waals surface area contributed by atoms with Gasteiger partial charge in [-0.05, 0) is 53.4 Å². The van der Waals surface area contributed by atoms with Crippen molar-refractivity contribution in [3.63, 3.8) is 0 Å². The zero-order chi connectivity index (χ0) is 17.7. The highest BCUT2D eigenvalue weighted by Crippen LogP contribution is 2.25. The van der Waals surface area contributed by atoms with Crippen molar-refractivity contribution in [3.05, 3.63) is 74.3 Å². The number of hydrogen-bond donors (Lipinski definition) is 0. The minimum absolute atomic E-state index is 0.00262. The van der Waals surface area contributed by atoms with Crippen LogP contribution >= 0.6 is 11.6 Å². The highest BCUT2D eigenvalue weighted by atomic mass is 35.5. The molecule has 0 aliphatic rings. The van der Waals surface area contributed by atoms with Crippen molar-refractivity contribution >= 4 is 11.6 Å². The summed E-state index contributed by atoms with van der Waals surface area (Å²) in [6, 6.07) is 15.1. The van der Waals surface area contributed by atoms with Gasteiger partial charge in [0.1, 0.15) is 11.4 Å². The number of rotatable bonds is 3. The zero-order valence-electron chi connectivity index (χ0n) is 14.0. The summed E-state index contributed by atoms with van der Waals surface area (Å²) >= 11 is 6.18. The van der Waals surface area contributed by atoms with Crippen LogP contribution in [0.2, 0.25) is 5.02 Å². The van der Waals surface area contributed by atoms with E-state index in [4.69, 9.17) is 16.9 Å². The zero-order valence-corrected chi connectivity index (χ0v) is 14.7. The predicted molar refractivity (Wildman–Crippen MR) is 96.3 cm³/mol. The molecule has 2 nitrogen and oxygen atoms in total. The van der Waals surface area contributed by atoms with Gasteiger partial charge in [0.2, 0.25) is 0 Å². The fourth-order valence-electron chi connectivity index (χ4n) is 2.40. The molecule has 0 aromatic heterocycles. The molecule has 4 heteroatoms. The summed E-state index contributed by atoms with van der Waals surface area (Å²) in [5, 5.41) is 9.67. The minimum atomic E-state index is -0.400. The Morgan fingerprint density at radius 1 is 1.12 bits per heavy atom. The Bertz CT molecular complexity index is 841. The molecule has 1 atom stereocenters. The third kappa shape index (κ3) is 4.57. The van der Waals surface area contributed by atoms with Crippen LogP contribution in [0.1, 0.15) is 54.9 Å². The van der Waals surface area contributed by atoms with E-state index in [-0.39, 0.29) is 5.92 Å². The van der Waals surface area contributed by atoms with E-state index in [0.717, 1.165) is 21.7 Å². The average molecular weight is 342 g/mol. The number of halogens is 2. The molecule has 0 heterocycles. The van der Waals surface area contributed by atoms with Gasteiger partial charge < -0.3 is 0 Å². The molecule has 0 aliphatic carbocycles. The summed E-state index contributed by atoms with van der Waals surface area (Å²) < 4.78 is 13.5. The van der Waals surface area contributed by atoms with E-state index in [0.29, 0.717) is 18.0 Å². The van der Waals surface area contributed by atoms with Crippen molar-refractivity contribution in [2.45, 2.75) is 32.6 Å². The van der Waals surface area contributed by atoms with Gasteiger partial charge in [-0.3, -0.25) is 0 Å². The molecule has 0 amide bonds. The molecule has 0 saturated carbocycles. The Morgan fingerprint density at radius 2 is 1.88 bits per heavy atom. The van der Waals surface area contributed by atoms with Crippen molar-refractivity contribution < 1.29 is 4.39 Å². The van der Waals surface area contributed by atoms with E-state index in [1.807, 2.05) is 31.2 Å². The fraction of sp³-hybridized carbons (Fsp3) is 0.300. The largest absolute Gasteiger partial charge is 0.311 e. The molecule has 2 aromatic rings. The summed E-state index contributed by atoms with van der Waals surface area (Å²) in [7, 11) is 0. The lowest BCUT2D eigenvalue weighted by atomic mass is 9.99. The number of nitrogens with zero attached hydrogens (tertiary/aromatic N) is 2. The van der Waals surface area contributed by atoms with Crippen LogP contribution in [0.15, 0.2) is 36.4 Å². The lowest BCUT2D eigenvalue weighted by molar-refractivity contribution is 0.622. The van der Waals surface area contributed by atoms with Crippen LogP contribution in [0.3, 0.4) is 0 Å². The van der Waals surface area contributed by atoms with Crippen molar-refractivity contribution in [1.82, 2.24) is 0 Å². The predicted octanol–water partition coefficient (Wildman–Crippen LogP) is 5.96. The lowest BCUT2D eigenvalue weighted by Crippen LogP contribution is -1.98. The van der Waals surface area contributed by atoms with Crippen LogP contribution in [-0.2, 0) is 0 Å². The van der Waals surface area contributed by atoms with Gasteiger partial charge in [-0.15, -0.1) is 0 Å². The average Bonchev–Trinajstić information content (AvgIpc) is 2.55. The maximum absolute atomic E-state index is 13.5. The molecule has 0 spiro atoms. The molecule has 122 valence electrons. The summed E-state index contributed by atoms with van der Waals surface area (Å²) in [5.41, 5.74) is 3.01. The van der Waals surface area contributed by atoms with Gasteiger partial charge in [-0.25, -0.2) is 4.39 Å². The van der Waals surface area contributed by atoms with Crippen LogP contribution in [0.4, 0.5) is 4.39 Å². The molecule has 2 rings (SSSR count). The van der Waals surface area contributed by atoms with Crippen molar-refractivity contribution in [3.8, 4) is 12.1 Å². The minimum Gasteiger partial charge on any atom is -0.207 e. The van der Waals surface area contributed by atoms with Crippen LogP contribution < -0.4 is 0 Å². The van der Waals surface area contributed by atoms with Gasteiger partial charge in [0.25, 0.3) is 6.54 Å². The first-order valence-corrected chi connectivity index (χ1v) is 8.21. The molecular weight excluding hydrogens is 323 g/mol. The molecular formula is C20H19ClFN2+. The maximum Gasteiger partial charge on any atom is 0.311 e. The molecule has 0 fully saturated rings. The van der Waals surface area contributed by atoms with Gasteiger partial charge in [-0.2, -0.15) is 5.26 Å². The van der Waals surface area contributed by atoms with Crippen LogP contribution in [-0.4, -0.2) is 6.54 Å². The molecule has 0 N–H and O–H groups in total. The van der Waals surface area contributed by atoms with E-state index in [1.54, 1.807) is 6.07 Å². The van der Waals surface area contributed by atoms with Gasteiger partial charge in [0, 0.05) is 5.02 Å². The molecule has 0 radical (unpaired) electrons. The Balaban J connectivity index is 2.15. The number of nitriles is 1. The summed E-state index contributed by atoms with van der Waals surface area (Å²) in [6.45, 7) is 6.58. The first kappa shape index (κ1) is 18.0.